The summed E-state index contributed by atoms with van der Waals surface area (Å²) in [5, 5.41) is 15.0. The number of aliphatic hydroxyl groups is 1. The monoisotopic (exact) mass is 273 g/mol. The predicted octanol–water partition coefficient (Wildman–Crippen LogP) is 3.46. The van der Waals surface area contributed by atoms with E-state index in [0.29, 0.717) is 13.1 Å². The maximum absolute atomic E-state index is 10.5. The molecule has 3 rings (SSSR count). The van der Waals surface area contributed by atoms with Crippen LogP contribution in [0.4, 0.5) is 0 Å². The Morgan fingerprint density at radius 1 is 1.30 bits per heavy atom. The van der Waals surface area contributed by atoms with Gasteiger partial charge in [0, 0.05) is 11.9 Å². The van der Waals surface area contributed by atoms with Crippen LogP contribution in [0.5, 0.6) is 0 Å². The molecular formula is C17H23NO2. The van der Waals surface area contributed by atoms with Gasteiger partial charge in [-0.1, -0.05) is 25.1 Å². The standard InChI is InChI=1S/C17H23NO2/c1-13-6-8-17(19,9-7-13)12-18-11-15-10-14-4-2-3-5-16(14)20-15/h2-5,10,13,18-19H,6-9,11-12H2,1H3. The molecule has 2 N–H and O–H groups in total. The van der Waals surface area contributed by atoms with Crippen LogP contribution in [0.25, 0.3) is 11.0 Å². The molecule has 0 unspecified atom stereocenters. The Balaban J connectivity index is 1.54. The van der Waals surface area contributed by atoms with E-state index in [1.165, 1.54) is 0 Å². The summed E-state index contributed by atoms with van der Waals surface area (Å²) in [7, 11) is 0. The average Bonchev–Trinajstić information content (AvgIpc) is 2.85. The maximum atomic E-state index is 10.5. The molecule has 3 heteroatoms. The van der Waals surface area contributed by atoms with E-state index in [-0.39, 0.29) is 0 Å². The van der Waals surface area contributed by atoms with E-state index in [0.717, 1.165) is 48.3 Å². The van der Waals surface area contributed by atoms with Crippen molar-refractivity contribution in [3.63, 3.8) is 0 Å². The summed E-state index contributed by atoms with van der Waals surface area (Å²) in [5.74, 6) is 1.68. The number of rotatable bonds is 4. The van der Waals surface area contributed by atoms with Crippen LogP contribution in [0.15, 0.2) is 34.7 Å². The molecule has 0 radical (unpaired) electrons. The summed E-state index contributed by atoms with van der Waals surface area (Å²) in [4.78, 5) is 0. The highest BCUT2D eigenvalue weighted by molar-refractivity contribution is 5.77. The van der Waals surface area contributed by atoms with Crippen molar-refractivity contribution in [3.05, 3.63) is 36.1 Å². The van der Waals surface area contributed by atoms with Crippen LogP contribution >= 0.6 is 0 Å². The van der Waals surface area contributed by atoms with Gasteiger partial charge in [0.2, 0.25) is 0 Å². The first-order valence-electron chi connectivity index (χ1n) is 7.55. The summed E-state index contributed by atoms with van der Waals surface area (Å²) < 4.78 is 5.76. The van der Waals surface area contributed by atoms with E-state index in [4.69, 9.17) is 4.42 Å². The third-order valence-corrected chi connectivity index (χ3v) is 4.43. The van der Waals surface area contributed by atoms with Gasteiger partial charge in [-0.15, -0.1) is 0 Å². The molecule has 3 nitrogen and oxygen atoms in total. The van der Waals surface area contributed by atoms with Gasteiger partial charge < -0.3 is 14.8 Å². The lowest BCUT2D eigenvalue weighted by atomic mass is 9.79. The topological polar surface area (TPSA) is 45.4 Å². The van der Waals surface area contributed by atoms with Crippen LogP contribution in [0, 0.1) is 5.92 Å². The molecule has 1 aromatic heterocycles. The van der Waals surface area contributed by atoms with Gasteiger partial charge in [-0.3, -0.25) is 0 Å². The van der Waals surface area contributed by atoms with Gasteiger partial charge in [0.05, 0.1) is 12.1 Å². The molecule has 0 bridgehead atoms. The Morgan fingerprint density at radius 2 is 2.05 bits per heavy atom. The summed E-state index contributed by atoms with van der Waals surface area (Å²) in [6.07, 6.45) is 4.06. The van der Waals surface area contributed by atoms with Crippen LogP contribution < -0.4 is 5.32 Å². The van der Waals surface area contributed by atoms with Crippen molar-refractivity contribution in [2.45, 2.75) is 44.8 Å². The second kappa shape index (κ2) is 5.58. The fourth-order valence-corrected chi connectivity index (χ4v) is 3.02. The number of hydrogen-bond acceptors (Lipinski definition) is 3. The molecule has 0 atom stereocenters. The van der Waals surface area contributed by atoms with E-state index in [1.54, 1.807) is 0 Å². The Hall–Kier alpha value is -1.32. The molecule has 1 aliphatic carbocycles. The Kier molecular flexibility index (Phi) is 3.81. The minimum Gasteiger partial charge on any atom is -0.460 e. The smallest absolute Gasteiger partial charge is 0.134 e. The van der Waals surface area contributed by atoms with Gasteiger partial charge in [-0.25, -0.2) is 0 Å². The molecule has 2 aromatic rings. The fourth-order valence-electron chi connectivity index (χ4n) is 3.02. The van der Waals surface area contributed by atoms with Gasteiger partial charge in [0.15, 0.2) is 0 Å². The van der Waals surface area contributed by atoms with Gasteiger partial charge in [-0.2, -0.15) is 0 Å². The van der Waals surface area contributed by atoms with E-state index < -0.39 is 5.60 Å². The lowest BCUT2D eigenvalue weighted by Gasteiger charge is -2.35. The normalized spacial score (nSPS) is 27.0. The number of furan rings is 1. The van der Waals surface area contributed by atoms with E-state index in [2.05, 4.69) is 24.4 Å². The van der Waals surface area contributed by atoms with Crippen LogP contribution in [0.1, 0.15) is 38.4 Å². The number of nitrogens with one attached hydrogen (secondary N) is 1. The number of para-hydroxylation sites is 1. The van der Waals surface area contributed by atoms with Crippen molar-refractivity contribution < 1.29 is 9.52 Å². The largest absolute Gasteiger partial charge is 0.460 e. The molecule has 1 fully saturated rings. The molecule has 1 saturated carbocycles. The summed E-state index contributed by atoms with van der Waals surface area (Å²) >= 11 is 0. The third kappa shape index (κ3) is 3.05. The molecule has 108 valence electrons. The lowest BCUT2D eigenvalue weighted by Crippen LogP contribution is -2.43. The molecule has 0 spiro atoms. The average molecular weight is 273 g/mol. The first kappa shape index (κ1) is 13.7. The quantitative estimate of drug-likeness (QED) is 0.896. The Labute approximate surface area is 120 Å². The Bertz CT molecular complexity index is 534. The molecule has 0 amide bonds. The third-order valence-electron chi connectivity index (χ3n) is 4.43. The minimum absolute atomic E-state index is 0.529. The zero-order valence-corrected chi connectivity index (χ0v) is 12.1. The Morgan fingerprint density at radius 3 is 2.80 bits per heavy atom. The highest BCUT2D eigenvalue weighted by Crippen LogP contribution is 2.31. The summed E-state index contributed by atoms with van der Waals surface area (Å²) in [6, 6.07) is 10.1. The van der Waals surface area contributed by atoms with E-state index in [1.807, 2.05) is 18.2 Å². The first-order chi connectivity index (χ1) is 9.65. The summed E-state index contributed by atoms with van der Waals surface area (Å²) in [6.45, 7) is 3.59. The van der Waals surface area contributed by atoms with Gasteiger partial charge in [0.1, 0.15) is 11.3 Å². The molecule has 1 heterocycles. The number of benzene rings is 1. The SMILES string of the molecule is CC1CCC(O)(CNCc2cc3ccccc3o2)CC1. The van der Waals surface area contributed by atoms with Crippen molar-refractivity contribution in [2.75, 3.05) is 6.54 Å². The zero-order chi connectivity index (χ0) is 14.0. The fraction of sp³-hybridized carbons (Fsp3) is 0.529. The zero-order valence-electron chi connectivity index (χ0n) is 12.1. The minimum atomic E-state index is -0.529. The van der Waals surface area contributed by atoms with Crippen LogP contribution in [0.2, 0.25) is 0 Å². The molecule has 20 heavy (non-hydrogen) atoms. The van der Waals surface area contributed by atoms with E-state index in [9.17, 15) is 5.11 Å². The molecule has 0 aliphatic heterocycles. The van der Waals surface area contributed by atoms with Crippen LogP contribution in [-0.4, -0.2) is 17.3 Å². The number of fused-ring (bicyclic) bond motifs is 1. The van der Waals surface area contributed by atoms with Gasteiger partial charge in [0.25, 0.3) is 0 Å². The number of hydrogen-bond donors (Lipinski definition) is 2. The molecule has 1 aliphatic rings. The van der Waals surface area contributed by atoms with Crippen molar-refractivity contribution in [3.8, 4) is 0 Å². The highest BCUT2D eigenvalue weighted by Gasteiger charge is 2.31. The van der Waals surface area contributed by atoms with Gasteiger partial charge >= 0.3 is 0 Å². The highest BCUT2D eigenvalue weighted by atomic mass is 16.3. The molecular weight excluding hydrogens is 250 g/mol. The second-order valence-electron chi connectivity index (χ2n) is 6.26. The van der Waals surface area contributed by atoms with Crippen molar-refractivity contribution >= 4 is 11.0 Å². The van der Waals surface area contributed by atoms with E-state index >= 15 is 0 Å². The van der Waals surface area contributed by atoms with Gasteiger partial charge in [-0.05, 0) is 43.7 Å². The molecule has 0 saturated heterocycles. The van der Waals surface area contributed by atoms with Crippen LogP contribution in [0.3, 0.4) is 0 Å². The van der Waals surface area contributed by atoms with Crippen molar-refractivity contribution in [2.24, 2.45) is 5.92 Å². The summed E-state index contributed by atoms with van der Waals surface area (Å²) in [5.41, 5.74) is 0.396. The lowest BCUT2D eigenvalue weighted by molar-refractivity contribution is -0.00654. The second-order valence-corrected chi connectivity index (χ2v) is 6.26. The first-order valence-corrected chi connectivity index (χ1v) is 7.55. The van der Waals surface area contributed by atoms with Crippen molar-refractivity contribution in [1.29, 1.82) is 0 Å². The predicted molar refractivity (Wildman–Crippen MR) is 80.5 cm³/mol. The maximum Gasteiger partial charge on any atom is 0.134 e. The van der Waals surface area contributed by atoms with Crippen LogP contribution in [-0.2, 0) is 6.54 Å². The van der Waals surface area contributed by atoms with Crippen molar-refractivity contribution in [1.82, 2.24) is 5.32 Å². The molecule has 1 aromatic carbocycles.